The highest BCUT2D eigenvalue weighted by atomic mass is 35.5. The number of fused-ring (bicyclic) bond motifs is 1. The van der Waals surface area contributed by atoms with Crippen LogP contribution in [0.4, 0.5) is 5.69 Å². The molecule has 2 heterocycles. The second-order valence-corrected chi connectivity index (χ2v) is 4.37. The van der Waals surface area contributed by atoms with Crippen molar-refractivity contribution in [3.8, 4) is 0 Å². The summed E-state index contributed by atoms with van der Waals surface area (Å²) in [7, 11) is 0. The van der Waals surface area contributed by atoms with Crippen molar-refractivity contribution in [2.45, 2.75) is 0 Å². The molecule has 2 N–H and O–H groups in total. The van der Waals surface area contributed by atoms with Gasteiger partial charge in [-0.15, -0.1) is 0 Å². The van der Waals surface area contributed by atoms with Gasteiger partial charge in [0.25, 0.3) is 0 Å². The number of carbonyl (C=O) groups is 1. The quantitative estimate of drug-likeness (QED) is 0.723. The minimum atomic E-state index is -0.500. The largest absolute Gasteiger partial charge is 0.554 e. The van der Waals surface area contributed by atoms with E-state index >= 15 is 0 Å². The third-order valence-corrected chi connectivity index (χ3v) is 3.15. The Morgan fingerprint density at radius 2 is 2.26 bits per heavy atom. The zero-order chi connectivity index (χ0) is 13.7. The third kappa shape index (κ3) is 3.09. The number of rotatable bonds is 1. The maximum atomic E-state index is 8.25. The summed E-state index contributed by atoms with van der Waals surface area (Å²) in [5, 5.41) is 15.1. The van der Waals surface area contributed by atoms with Crippen molar-refractivity contribution in [3.63, 3.8) is 0 Å². The van der Waals surface area contributed by atoms with E-state index in [-0.39, 0.29) is 0 Å². The monoisotopic (exact) mass is 298 g/mol. The molecule has 1 aliphatic heterocycles. The van der Waals surface area contributed by atoms with E-state index in [4.69, 9.17) is 21.5 Å². The van der Waals surface area contributed by atoms with Crippen LogP contribution in [-0.4, -0.2) is 34.3 Å². The number of carbonyl (C=O) groups excluding carboxylic acids is 1. The Morgan fingerprint density at radius 1 is 1.47 bits per heavy atom. The molecule has 7 nitrogen and oxygen atoms in total. The Labute approximate surface area is 117 Å². The lowest BCUT2D eigenvalue weighted by molar-refractivity contribution is -0.283. The van der Waals surface area contributed by atoms with E-state index in [1.54, 1.807) is 0 Å². The van der Waals surface area contributed by atoms with Crippen molar-refractivity contribution in [3.05, 3.63) is 17.2 Å². The Kier molecular flexibility index (Phi) is 4.48. The van der Waals surface area contributed by atoms with Crippen LogP contribution < -0.4 is 15.7 Å². The van der Waals surface area contributed by atoms with Crippen molar-refractivity contribution in [1.82, 2.24) is 14.1 Å². The standard InChI is InChI=1S/C9H8ClN5S.CH2O2/c10-5-1-2-6-8(15-16-14-6)7(5)13-9-11-3-4-12-9;2-1-3/h1-2H,3-4H2,(H2,11,12,13);1H,(H,2,3)/p-1. The van der Waals surface area contributed by atoms with Gasteiger partial charge in [0.05, 0.1) is 29.0 Å². The fourth-order valence-corrected chi connectivity index (χ4v) is 2.29. The summed E-state index contributed by atoms with van der Waals surface area (Å²) in [5.41, 5.74) is 2.39. The van der Waals surface area contributed by atoms with Crippen LogP contribution in [0.15, 0.2) is 17.1 Å². The molecule has 100 valence electrons. The number of anilines is 1. The van der Waals surface area contributed by atoms with Crippen LogP contribution in [0, 0.1) is 0 Å². The van der Waals surface area contributed by atoms with Crippen molar-refractivity contribution in [2.24, 2.45) is 4.99 Å². The number of carboxylic acid groups (broad SMARTS) is 1. The number of nitrogens with zero attached hydrogens (tertiary/aromatic N) is 3. The molecule has 1 aromatic carbocycles. The Hall–Kier alpha value is -1.93. The fourth-order valence-electron chi connectivity index (χ4n) is 1.55. The van der Waals surface area contributed by atoms with Gasteiger partial charge in [0.15, 0.2) is 5.96 Å². The van der Waals surface area contributed by atoms with Gasteiger partial charge in [-0.05, 0) is 12.1 Å². The lowest BCUT2D eigenvalue weighted by Gasteiger charge is -2.08. The maximum Gasteiger partial charge on any atom is 0.196 e. The highest BCUT2D eigenvalue weighted by molar-refractivity contribution is 7.00. The molecule has 0 saturated heterocycles. The van der Waals surface area contributed by atoms with Crippen molar-refractivity contribution >= 4 is 52.5 Å². The molecule has 1 aromatic heterocycles. The van der Waals surface area contributed by atoms with Crippen LogP contribution in [0.1, 0.15) is 0 Å². The summed E-state index contributed by atoms with van der Waals surface area (Å²) in [6, 6.07) is 3.67. The maximum absolute atomic E-state index is 8.25. The minimum Gasteiger partial charge on any atom is -0.554 e. The number of hydrogen-bond donors (Lipinski definition) is 2. The minimum absolute atomic E-state index is 0.500. The summed E-state index contributed by atoms with van der Waals surface area (Å²) in [5.74, 6) is 0.738. The number of nitrogens with one attached hydrogen (secondary N) is 2. The first-order valence-corrected chi connectivity index (χ1v) is 6.39. The molecule has 9 heteroatoms. The average molecular weight is 299 g/mol. The highest BCUT2D eigenvalue weighted by Crippen LogP contribution is 2.29. The molecule has 0 saturated carbocycles. The predicted molar refractivity (Wildman–Crippen MR) is 72.4 cm³/mol. The second kappa shape index (κ2) is 6.30. The molecule has 0 radical (unpaired) electrons. The second-order valence-electron chi connectivity index (χ2n) is 3.43. The first kappa shape index (κ1) is 13.5. The van der Waals surface area contributed by atoms with Crippen molar-refractivity contribution in [1.29, 1.82) is 0 Å². The number of guanidine groups is 1. The van der Waals surface area contributed by atoms with Crippen LogP contribution in [0.2, 0.25) is 5.02 Å². The van der Waals surface area contributed by atoms with Gasteiger partial charge < -0.3 is 20.5 Å². The smallest absolute Gasteiger partial charge is 0.196 e. The molecular weight excluding hydrogens is 290 g/mol. The summed E-state index contributed by atoms with van der Waals surface area (Å²) < 4.78 is 8.39. The first-order valence-electron chi connectivity index (χ1n) is 5.28. The summed E-state index contributed by atoms with van der Waals surface area (Å²) in [6.45, 7) is 1.14. The molecule has 0 amide bonds. The number of hydrogen-bond acceptors (Lipinski definition) is 8. The van der Waals surface area contributed by atoms with E-state index in [1.807, 2.05) is 12.1 Å². The van der Waals surface area contributed by atoms with Crippen LogP contribution in [0.5, 0.6) is 0 Å². The fraction of sp³-hybridized carbons (Fsp3) is 0.200. The van der Waals surface area contributed by atoms with E-state index in [2.05, 4.69) is 24.4 Å². The molecule has 19 heavy (non-hydrogen) atoms. The third-order valence-electron chi connectivity index (χ3n) is 2.29. The summed E-state index contributed by atoms with van der Waals surface area (Å²) in [6.07, 6.45) is 0. The molecule has 3 rings (SSSR count). The van der Waals surface area contributed by atoms with E-state index < -0.39 is 6.47 Å². The van der Waals surface area contributed by atoms with E-state index in [1.165, 1.54) is 11.7 Å². The van der Waals surface area contributed by atoms with E-state index in [0.29, 0.717) is 5.02 Å². The van der Waals surface area contributed by atoms with Crippen LogP contribution in [-0.2, 0) is 4.79 Å². The van der Waals surface area contributed by atoms with E-state index in [9.17, 15) is 0 Å². The van der Waals surface area contributed by atoms with Gasteiger partial charge in [-0.1, -0.05) is 11.6 Å². The van der Waals surface area contributed by atoms with Gasteiger partial charge >= 0.3 is 0 Å². The Balaban J connectivity index is 0.000000408. The number of benzene rings is 1. The number of aromatic nitrogens is 2. The van der Waals surface area contributed by atoms with E-state index in [0.717, 1.165) is 35.8 Å². The summed E-state index contributed by atoms with van der Waals surface area (Å²) in [4.78, 5) is 12.5. The van der Waals surface area contributed by atoms with Gasteiger partial charge in [-0.25, -0.2) is 0 Å². The average Bonchev–Trinajstić information content (AvgIpc) is 3.04. The molecule has 2 aromatic rings. The molecule has 0 aliphatic carbocycles. The van der Waals surface area contributed by atoms with Gasteiger partial charge in [0, 0.05) is 13.0 Å². The van der Waals surface area contributed by atoms with Crippen molar-refractivity contribution < 1.29 is 9.90 Å². The van der Waals surface area contributed by atoms with Crippen LogP contribution in [0.25, 0.3) is 11.0 Å². The lowest BCUT2D eigenvalue weighted by atomic mass is 10.2. The summed E-state index contributed by atoms with van der Waals surface area (Å²) >= 11 is 7.30. The van der Waals surface area contributed by atoms with Gasteiger partial charge in [0.2, 0.25) is 0 Å². The van der Waals surface area contributed by atoms with Gasteiger partial charge in [-0.2, -0.15) is 8.75 Å². The molecule has 0 fully saturated rings. The van der Waals surface area contributed by atoms with Crippen LogP contribution in [0.3, 0.4) is 0 Å². The molecule has 0 bridgehead atoms. The lowest BCUT2D eigenvalue weighted by Crippen LogP contribution is -2.26. The zero-order valence-electron chi connectivity index (χ0n) is 9.59. The molecular formula is C10H9ClN5O2S-. The highest BCUT2D eigenvalue weighted by Gasteiger charge is 2.13. The Morgan fingerprint density at radius 3 is 2.95 bits per heavy atom. The number of aliphatic imine (C=N–C) groups is 1. The van der Waals surface area contributed by atoms with Gasteiger partial charge in [-0.3, -0.25) is 4.99 Å². The zero-order valence-corrected chi connectivity index (χ0v) is 11.2. The first-order chi connectivity index (χ1) is 9.26. The van der Waals surface area contributed by atoms with Crippen LogP contribution >= 0.6 is 23.3 Å². The Bertz CT molecular complexity index is 615. The molecule has 0 atom stereocenters. The number of halogens is 1. The molecule has 1 aliphatic rings. The SMILES string of the molecule is Clc1ccc2nsnc2c1NC1=NCCN1.O=C[O-]. The molecule has 0 spiro atoms. The predicted octanol–water partition coefficient (Wildman–Crippen LogP) is 0.0819. The van der Waals surface area contributed by atoms with Crippen molar-refractivity contribution in [2.75, 3.05) is 18.4 Å². The topological polar surface area (TPSA) is 102 Å². The van der Waals surface area contributed by atoms with Gasteiger partial charge in [0.1, 0.15) is 11.0 Å². The normalized spacial score (nSPS) is 13.2. The molecule has 0 unspecified atom stereocenters.